The third kappa shape index (κ3) is 4.92. The molecule has 1 aliphatic heterocycles. The number of aromatic hydroxyl groups is 1. The van der Waals surface area contributed by atoms with Gasteiger partial charge in [0.05, 0.1) is 18.7 Å². The number of carbonyl (C=O) groups is 2. The van der Waals surface area contributed by atoms with E-state index in [9.17, 15) is 24.2 Å². The molecule has 3 heterocycles. The molecule has 1 amide bonds. The first-order valence-corrected chi connectivity index (χ1v) is 14.0. The van der Waals surface area contributed by atoms with Crippen LogP contribution >= 0.6 is 23.1 Å². The number of phenols is 1. The maximum atomic E-state index is 13.8. The van der Waals surface area contributed by atoms with Crippen LogP contribution in [0.25, 0.3) is 11.0 Å². The van der Waals surface area contributed by atoms with Gasteiger partial charge in [0.1, 0.15) is 11.6 Å². The van der Waals surface area contributed by atoms with Crippen molar-refractivity contribution in [2.75, 3.05) is 12.0 Å². The maximum absolute atomic E-state index is 13.8. The molecule has 1 atom stereocenters. The van der Waals surface area contributed by atoms with Gasteiger partial charge in [-0.3, -0.25) is 14.5 Å². The molecule has 0 aliphatic carbocycles. The van der Waals surface area contributed by atoms with Crippen LogP contribution in [0.2, 0.25) is 0 Å². The number of furan rings is 1. The zero-order valence-electron chi connectivity index (χ0n) is 21.3. The minimum atomic E-state index is -1.12. The Morgan fingerprint density at radius 3 is 2.63 bits per heavy atom. The molecule has 0 bridgehead atoms. The van der Waals surface area contributed by atoms with Crippen molar-refractivity contribution in [3.63, 3.8) is 0 Å². The average molecular weight is 590 g/mol. The van der Waals surface area contributed by atoms with E-state index in [2.05, 4.69) is 10.2 Å². The number of amides is 1. The molecule has 2 N–H and O–H groups in total. The lowest BCUT2D eigenvalue weighted by Gasteiger charge is -2.23. The highest BCUT2D eigenvalue weighted by Gasteiger charge is 2.47. The van der Waals surface area contributed by atoms with Crippen LogP contribution in [0.1, 0.15) is 27.7 Å². The van der Waals surface area contributed by atoms with E-state index in [0.29, 0.717) is 32.4 Å². The Kier molecular flexibility index (Phi) is 6.93. The number of nitrogens with zero attached hydrogens (tertiary/aromatic N) is 3. The van der Waals surface area contributed by atoms with Crippen LogP contribution in [0.5, 0.6) is 11.5 Å². The standard InChI is InChI=1S/C29H20FN3O6S2/c1-38-20-7-3-5-17-13-21(39-26(17)20)24(35)22-23(16-4-2-6-19(34)12-16)33(27(37)25(22)36)28-31-32-29(41-28)40-14-15-8-10-18(30)11-9-15/h2-13,23,34,36H,14H2,1H3. The van der Waals surface area contributed by atoms with Crippen LogP contribution in [-0.4, -0.2) is 39.2 Å². The number of phenolic OH excluding ortho intramolecular Hbond substituents is 1. The number of anilines is 1. The van der Waals surface area contributed by atoms with Crippen molar-refractivity contribution in [3.05, 3.63) is 107 Å². The predicted molar refractivity (Wildman–Crippen MR) is 151 cm³/mol. The molecule has 0 fully saturated rings. The van der Waals surface area contributed by atoms with Crippen molar-refractivity contribution in [1.29, 1.82) is 0 Å². The van der Waals surface area contributed by atoms with Gasteiger partial charge in [0.25, 0.3) is 5.91 Å². The van der Waals surface area contributed by atoms with Gasteiger partial charge in [-0.25, -0.2) is 4.39 Å². The van der Waals surface area contributed by atoms with Gasteiger partial charge in [-0.2, -0.15) is 0 Å². The number of aliphatic hydroxyl groups excluding tert-OH is 1. The number of thioether (sulfide) groups is 1. The van der Waals surface area contributed by atoms with Crippen molar-refractivity contribution < 1.29 is 33.3 Å². The Morgan fingerprint density at radius 2 is 1.88 bits per heavy atom. The highest BCUT2D eigenvalue weighted by atomic mass is 32.2. The average Bonchev–Trinajstić information content (AvgIpc) is 3.69. The number of hydrogen-bond acceptors (Lipinski definition) is 10. The summed E-state index contributed by atoms with van der Waals surface area (Å²) in [6, 6.07) is 17.7. The van der Waals surface area contributed by atoms with Gasteiger partial charge >= 0.3 is 0 Å². The van der Waals surface area contributed by atoms with Crippen LogP contribution < -0.4 is 9.64 Å². The number of halogens is 1. The lowest BCUT2D eigenvalue weighted by molar-refractivity contribution is -0.117. The fourth-order valence-corrected chi connectivity index (χ4v) is 6.39. The maximum Gasteiger partial charge on any atom is 0.296 e. The minimum Gasteiger partial charge on any atom is -0.508 e. The number of hydrogen-bond donors (Lipinski definition) is 2. The summed E-state index contributed by atoms with van der Waals surface area (Å²) in [6.07, 6.45) is 0. The van der Waals surface area contributed by atoms with Gasteiger partial charge in [0, 0.05) is 11.1 Å². The molecule has 5 aromatic rings. The zero-order valence-corrected chi connectivity index (χ0v) is 22.9. The topological polar surface area (TPSA) is 126 Å². The monoisotopic (exact) mass is 589 g/mol. The Hall–Kier alpha value is -4.68. The molecular formula is C29H20FN3O6S2. The summed E-state index contributed by atoms with van der Waals surface area (Å²) < 4.78 is 24.9. The number of para-hydroxylation sites is 1. The molecular weight excluding hydrogens is 569 g/mol. The van der Waals surface area contributed by atoms with E-state index in [1.165, 1.54) is 54.1 Å². The number of rotatable bonds is 8. The molecule has 12 heteroatoms. The number of fused-ring (bicyclic) bond motifs is 1. The Labute approximate surface area is 240 Å². The highest BCUT2D eigenvalue weighted by molar-refractivity contribution is 8.00. The van der Waals surface area contributed by atoms with Crippen molar-refractivity contribution in [2.45, 2.75) is 16.1 Å². The van der Waals surface area contributed by atoms with Gasteiger partial charge < -0.3 is 19.4 Å². The van der Waals surface area contributed by atoms with E-state index in [1.54, 1.807) is 42.5 Å². The van der Waals surface area contributed by atoms with Crippen LogP contribution in [0.4, 0.5) is 9.52 Å². The first kappa shape index (κ1) is 26.5. The number of carbonyl (C=O) groups excluding carboxylic acids is 2. The summed E-state index contributed by atoms with van der Waals surface area (Å²) >= 11 is 2.44. The van der Waals surface area contributed by atoms with E-state index in [0.717, 1.165) is 16.9 Å². The smallest absolute Gasteiger partial charge is 0.296 e. The summed E-state index contributed by atoms with van der Waals surface area (Å²) in [5.74, 6) is -1.92. The Balaban J connectivity index is 1.37. The van der Waals surface area contributed by atoms with Crippen LogP contribution in [0.3, 0.4) is 0 Å². The number of aliphatic hydroxyl groups is 1. The second kappa shape index (κ2) is 10.7. The predicted octanol–water partition coefficient (Wildman–Crippen LogP) is 6.21. The van der Waals surface area contributed by atoms with Crippen molar-refractivity contribution >= 4 is 50.9 Å². The van der Waals surface area contributed by atoms with E-state index in [1.807, 2.05) is 0 Å². The van der Waals surface area contributed by atoms with Crippen LogP contribution in [0.15, 0.2) is 92.9 Å². The summed E-state index contributed by atoms with van der Waals surface area (Å²) in [7, 11) is 1.48. The number of ether oxygens (including phenoxy) is 1. The molecule has 1 aliphatic rings. The fourth-order valence-electron chi connectivity index (χ4n) is 4.57. The lowest BCUT2D eigenvalue weighted by Crippen LogP contribution is -2.31. The molecule has 1 unspecified atom stereocenters. The molecule has 2 aromatic heterocycles. The third-order valence-electron chi connectivity index (χ3n) is 6.47. The Bertz CT molecular complexity index is 1830. The van der Waals surface area contributed by atoms with E-state index in [4.69, 9.17) is 9.15 Å². The minimum absolute atomic E-state index is 0.0885. The van der Waals surface area contributed by atoms with Gasteiger partial charge in [-0.05, 0) is 47.5 Å². The summed E-state index contributed by atoms with van der Waals surface area (Å²) in [4.78, 5) is 28.5. The van der Waals surface area contributed by atoms with Gasteiger partial charge in [-0.1, -0.05) is 59.5 Å². The van der Waals surface area contributed by atoms with E-state index >= 15 is 0 Å². The largest absolute Gasteiger partial charge is 0.508 e. The van der Waals surface area contributed by atoms with Crippen LogP contribution in [-0.2, 0) is 10.5 Å². The van der Waals surface area contributed by atoms with Gasteiger partial charge in [0.2, 0.25) is 10.9 Å². The molecule has 3 aromatic carbocycles. The third-order valence-corrected chi connectivity index (χ3v) is 8.59. The van der Waals surface area contributed by atoms with E-state index in [-0.39, 0.29) is 28.0 Å². The van der Waals surface area contributed by atoms with Crippen molar-refractivity contribution in [3.8, 4) is 11.5 Å². The summed E-state index contributed by atoms with van der Waals surface area (Å²) in [5.41, 5.74) is 1.36. The molecule has 6 rings (SSSR count). The highest BCUT2D eigenvalue weighted by Crippen LogP contribution is 2.45. The quantitative estimate of drug-likeness (QED) is 0.123. The molecule has 0 saturated carbocycles. The van der Waals surface area contributed by atoms with Gasteiger partial charge in [0.15, 0.2) is 27.2 Å². The lowest BCUT2D eigenvalue weighted by atomic mass is 9.95. The van der Waals surface area contributed by atoms with Crippen molar-refractivity contribution in [1.82, 2.24) is 10.2 Å². The first-order valence-electron chi connectivity index (χ1n) is 12.2. The van der Waals surface area contributed by atoms with Gasteiger partial charge in [-0.15, -0.1) is 10.2 Å². The Morgan fingerprint density at radius 1 is 1.10 bits per heavy atom. The molecule has 41 heavy (non-hydrogen) atoms. The summed E-state index contributed by atoms with van der Waals surface area (Å²) in [5, 5.41) is 30.3. The second-order valence-electron chi connectivity index (χ2n) is 9.02. The molecule has 9 nitrogen and oxygen atoms in total. The SMILES string of the molecule is COc1cccc2cc(C(=O)C3=C(O)C(=O)N(c4nnc(SCc5ccc(F)cc5)s4)C3c3cccc(O)c3)oc12. The molecule has 206 valence electrons. The number of aromatic nitrogens is 2. The molecule has 0 radical (unpaired) electrons. The molecule has 0 saturated heterocycles. The molecule has 0 spiro atoms. The van der Waals surface area contributed by atoms with Crippen LogP contribution in [0, 0.1) is 5.82 Å². The zero-order chi connectivity index (χ0) is 28.7. The number of ketones is 1. The van der Waals surface area contributed by atoms with E-state index < -0.39 is 23.5 Å². The number of Topliss-reactive ketones (excluding diaryl/α,β-unsaturated/α-hetero) is 1. The fraction of sp³-hybridized carbons (Fsp3) is 0.103. The second-order valence-corrected chi connectivity index (χ2v) is 11.2. The number of benzene rings is 3. The normalized spacial score (nSPS) is 15.2. The van der Waals surface area contributed by atoms with Crippen molar-refractivity contribution in [2.24, 2.45) is 0 Å². The first-order chi connectivity index (χ1) is 19.8. The summed E-state index contributed by atoms with van der Waals surface area (Å²) in [6.45, 7) is 0. The number of methoxy groups -OCH3 is 1.